The SMILES string of the molecule is Cc1ccc(-c2c(C(=O)Nc3ccccc3)cnc3ccccc23)cc1. The number of nitrogens with zero attached hydrogens (tertiary/aromatic N) is 1. The van der Waals surface area contributed by atoms with Gasteiger partial charge in [-0.05, 0) is 30.7 Å². The van der Waals surface area contributed by atoms with Gasteiger partial charge in [0.25, 0.3) is 5.91 Å². The maximum Gasteiger partial charge on any atom is 0.257 e. The first-order chi connectivity index (χ1) is 12.7. The fraction of sp³-hybridized carbons (Fsp3) is 0.0435. The maximum atomic E-state index is 13.0. The van der Waals surface area contributed by atoms with E-state index in [1.165, 1.54) is 5.56 Å². The van der Waals surface area contributed by atoms with Gasteiger partial charge in [0.15, 0.2) is 0 Å². The summed E-state index contributed by atoms with van der Waals surface area (Å²) in [6.45, 7) is 2.05. The summed E-state index contributed by atoms with van der Waals surface area (Å²) in [6, 6.07) is 25.6. The summed E-state index contributed by atoms with van der Waals surface area (Å²) in [5.74, 6) is -0.162. The fourth-order valence-corrected chi connectivity index (χ4v) is 3.06. The van der Waals surface area contributed by atoms with E-state index >= 15 is 0 Å². The minimum atomic E-state index is -0.162. The van der Waals surface area contributed by atoms with Crippen molar-refractivity contribution in [3.63, 3.8) is 0 Å². The van der Waals surface area contributed by atoms with Gasteiger partial charge in [-0.1, -0.05) is 66.2 Å². The molecule has 4 rings (SSSR count). The molecule has 3 nitrogen and oxygen atoms in total. The molecule has 0 radical (unpaired) electrons. The lowest BCUT2D eigenvalue weighted by Crippen LogP contribution is -2.13. The van der Waals surface area contributed by atoms with Crippen LogP contribution in [0.5, 0.6) is 0 Å². The highest BCUT2D eigenvalue weighted by atomic mass is 16.1. The second-order valence-corrected chi connectivity index (χ2v) is 6.25. The van der Waals surface area contributed by atoms with Crippen molar-refractivity contribution in [2.24, 2.45) is 0 Å². The molecule has 1 aromatic heterocycles. The number of amides is 1. The van der Waals surface area contributed by atoms with Crippen LogP contribution in [-0.4, -0.2) is 10.9 Å². The number of fused-ring (bicyclic) bond motifs is 1. The Morgan fingerprint density at radius 3 is 2.31 bits per heavy atom. The molecular formula is C23H18N2O. The standard InChI is InChI=1S/C23H18N2O/c1-16-11-13-17(14-12-16)22-19-9-5-6-10-21(19)24-15-20(22)23(26)25-18-7-3-2-4-8-18/h2-15H,1H3,(H,25,26). The van der Waals surface area contributed by atoms with Gasteiger partial charge in [0, 0.05) is 22.8 Å². The van der Waals surface area contributed by atoms with Gasteiger partial charge in [-0.15, -0.1) is 0 Å². The van der Waals surface area contributed by atoms with Crippen LogP contribution in [0, 0.1) is 6.92 Å². The van der Waals surface area contributed by atoms with Crippen LogP contribution in [0.3, 0.4) is 0 Å². The number of aryl methyl sites for hydroxylation is 1. The predicted octanol–water partition coefficient (Wildman–Crippen LogP) is 5.46. The number of rotatable bonds is 3. The van der Waals surface area contributed by atoms with Crippen LogP contribution in [-0.2, 0) is 0 Å². The zero-order valence-corrected chi connectivity index (χ0v) is 14.4. The van der Waals surface area contributed by atoms with E-state index in [2.05, 4.69) is 41.5 Å². The Hall–Kier alpha value is -3.46. The Bertz CT molecular complexity index is 1070. The predicted molar refractivity (Wildman–Crippen MR) is 106 cm³/mol. The normalized spacial score (nSPS) is 10.7. The van der Waals surface area contributed by atoms with Gasteiger partial charge in [-0.3, -0.25) is 9.78 Å². The molecule has 0 spiro atoms. The van der Waals surface area contributed by atoms with E-state index in [1.807, 2.05) is 54.6 Å². The number of hydrogen-bond acceptors (Lipinski definition) is 2. The molecule has 1 amide bonds. The number of para-hydroxylation sites is 2. The van der Waals surface area contributed by atoms with E-state index in [4.69, 9.17) is 0 Å². The lowest BCUT2D eigenvalue weighted by atomic mass is 9.95. The number of pyridine rings is 1. The van der Waals surface area contributed by atoms with Crippen LogP contribution < -0.4 is 5.32 Å². The molecule has 0 aliphatic heterocycles. The first kappa shape index (κ1) is 16.0. The number of aromatic nitrogens is 1. The van der Waals surface area contributed by atoms with Gasteiger partial charge in [0.2, 0.25) is 0 Å². The third-order valence-corrected chi connectivity index (χ3v) is 4.39. The second-order valence-electron chi connectivity index (χ2n) is 6.25. The number of anilines is 1. The molecule has 0 aliphatic carbocycles. The van der Waals surface area contributed by atoms with Crippen molar-refractivity contribution in [1.29, 1.82) is 0 Å². The van der Waals surface area contributed by atoms with E-state index in [1.54, 1.807) is 6.20 Å². The number of carbonyl (C=O) groups excluding carboxylic acids is 1. The second kappa shape index (κ2) is 6.81. The Morgan fingerprint density at radius 1 is 0.846 bits per heavy atom. The van der Waals surface area contributed by atoms with Crippen LogP contribution >= 0.6 is 0 Å². The van der Waals surface area contributed by atoms with Gasteiger partial charge in [0.05, 0.1) is 11.1 Å². The number of nitrogens with one attached hydrogen (secondary N) is 1. The number of benzene rings is 3. The van der Waals surface area contributed by atoms with Crippen molar-refractivity contribution in [2.45, 2.75) is 6.92 Å². The third kappa shape index (κ3) is 3.07. The maximum absolute atomic E-state index is 13.0. The molecule has 126 valence electrons. The Balaban J connectivity index is 1.87. The summed E-state index contributed by atoms with van der Waals surface area (Å²) < 4.78 is 0. The third-order valence-electron chi connectivity index (χ3n) is 4.39. The van der Waals surface area contributed by atoms with Crippen molar-refractivity contribution in [2.75, 3.05) is 5.32 Å². The van der Waals surface area contributed by atoms with Crippen molar-refractivity contribution < 1.29 is 4.79 Å². The van der Waals surface area contributed by atoms with Gasteiger partial charge in [-0.25, -0.2) is 0 Å². The molecular weight excluding hydrogens is 320 g/mol. The number of hydrogen-bond donors (Lipinski definition) is 1. The zero-order valence-electron chi connectivity index (χ0n) is 14.4. The molecule has 3 aromatic carbocycles. The van der Waals surface area contributed by atoms with E-state index in [-0.39, 0.29) is 5.91 Å². The van der Waals surface area contributed by atoms with Gasteiger partial charge in [-0.2, -0.15) is 0 Å². The average molecular weight is 338 g/mol. The Morgan fingerprint density at radius 2 is 1.54 bits per heavy atom. The molecule has 0 saturated heterocycles. The van der Waals surface area contributed by atoms with Crippen molar-refractivity contribution in [3.8, 4) is 11.1 Å². The summed E-state index contributed by atoms with van der Waals surface area (Å²) in [5.41, 5.74) is 5.30. The van der Waals surface area contributed by atoms with Gasteiger partial charge >= 0.3 is 0 Å². The lowest BCUT2D eigenvalue weighted by molar-refractivity contribution is 0.102. The van der Waals surface area contributed by atoms with Crippen LogP contribution in [0.4, 0.5) is 5.69 Å². The van der Waals surface area contributed by atoms with Crippen molar-refractivity contribution >= 4 is 22.5 Å². The summed E-state index contributed by atoms with van der Waals surface area (Å²) in [7, 11) is 0. The Labute approximate surface area is 152 Å². The molecule has 0 fully saturated rings. The average Bonchev–Trinajstić information content (AvgIpc) is 2.68. The van der Waals surface area contributed by atoms with Crippen LogP contribution in [0.15, 0.2) is 85.1 Å². The molecule has 1 N–H and O–H groups in total. The largest absolute Gasteiger partial charge is 0.322 e. The van der Waals surface area contributed by atoms with Crippen LogP contribution in [0.25, 0.3) is 22.0 Å². The fourth-order valence-electron chi connectivity index (χ4n) is 3.06. The Kier molecular flexibility index (Phi) is 4.20. The first-order valence-corrected chi connectivity index (χ1v) is 8.53. The molecule has 1 heterocycles. The summed E-state index contributed by atoms with van der Waals surface area (Å²) in [5, 5.41) is 3.94. The summed E-state index contributed by atoms with van der Waals surface area (Å²) in [4.78, 5) is 17.5. The highest BCUT2D eigenvalue weighted by Gasteiger charge is 2.17. The molecule has 0 bridgehead atoms. The van der Waals surface area contributed by atoms with E-state index in [0.29, 0.717) is 5.56 Å². The highest BCUT2D eigenvalue weighted by molar-refractivity contribution is 6.13. The minimum absolute atomic E-state index is 0.162. The smallest absolute Gasteiger partial charge is 0.257 e. The van der Waals surface area contributed by atoms with Crippen LogP contribution in [0.1, 0.15) is 15.9 Å². The molecule has 26 heavy (non-hydrogen) atoms. The quantitative estimate of drug-likeness (QED) is 0.539. The zero-order chi connectivity index (χ0) is 17.9. The van der Waals surface area contributed by atoms with Gasteiger partial charge < -0.3 is 5.32 Å². The lowest BCUT2D eigenvalue weighted by Gasteiger charge is -2.13. The van der Waals surface area contributed by atoms with Crippen molar-refractivity contribution in [3.05, 3.63) is 96.2 Å². The van der Waals surface area contributed by atoms with E-state index < -0.39 is 0 Å². The molecule has 0 saturated carbocycles. The van der Waals surface area contributed by atoms with Gasteiger partial charge in [0.1, 0.15) is 0 Å². The summed E-state index contributed by atoms with van der Waals surface area (Å²) >= 11 is 0. The van der Waals surface area contributed by atoms with E-state index in [9.17, 15) is 4.79 Å². The van der Waals surface area contributed by atoms with E-state index in [0.717, 1.165) is 27.7 Å². The summed E-state index contributed by atoms with van der Waals surface area (Å²) in [6.07, 6.45) is 1.66. The molecule has 0 aliphatic rings. The van der Waals surface area contributed by atoms with Crippen molar-refractivity contribution in [1.82, 2.24) is 4.98 Å². The minimum Gasteiger partial charge on any atom is -0.322 e. The highest BCUT2D eigenvalue weighted by Crippen LogP contribution is 2.31. The molecule has 0 atom stereocenters. The topological polar surface area (TPSA) is 42.0 Å². The monoisotopic (exact) mass is 338 g/mol. The number of carbonyl (C=O) groups is 1. The molecule has 0 unspecified atom stereocenters. The molecule has 4 aromatic rings. The first-order valence-electron chi connectivity index (χ1n) is 8.53. The van der Waals surface area contributed by atoms with Crippen LogP contribution in [0.2, 0.25) is 0 Å². The molecule has 3 heteroatoms.